The second-order valence-corrected chi connectivity index (χ2v) is 9.76. The molecular weight excluding hydrogens is 439 g/mol. The van der Waals surface area contributed by atoms with E-state index in [1.165, 1.54) is 0 Å². The Morgan fingerprint density at radius 1 is 1.14 bits per heavy atom. The van der Waals surface area contributed by atoms with Gasteiger partial charge in [-0.15, -0.1) is 6.42 Å². The Hall–Kier alpha value is -2.11. The number of sulfone groups is 1. The summed E-state index contributed by atoms with van der Waals surface area (Å²) in [6, 6.07) is 11.9. The van der Waals surface area contributed by atoms with Gasteiger partial charge < -0.3 is 4.57 Å². The largest absolute Gasteiger partial charge is 0.303 e. The van der Waals surface area contributed by atoms with Gasteiger partial charge in [-0.2, -0.15) is 4.99 Å². The third-order valence-electron chi connectivity index (χ3n) is 3.77. The van der Waals surface area contributed by atoms with E-state index in [1.807, 2.05) is 0 Å². The Bertz CT molecular complexity index is 1250. The number of carbonyl (C=O) groups excluding carboxylic acids is 1. The van der Waals surface area contributed by atoms with E-state index in [2.05, 4.69) is 10.9 Å². The van der Waals surface area contributed by atoms with Gasteiger partial charge in [0.1, 0.15) is 5.75 Å². The number of amides is 1. The molecule has 3 rings (SSSR count). The number of nitrogens with zero attached hydrogens (tertiary/aromatic N) is 2. The zero-order valence-electron chi connectivity index (χ0n) is 14.4. The quantitative estimate of drug-likeness (QED) is 0.554. The normalized spacial score (nSPS) is 12.2. The third kappa shape index (κ3) is 4.65. The molecule has 0 atom stereocenters. The zero-order chi connectivity index (χ0) is 20.3. The molecule has 3 aromatic rings. The van der Waals surface area contributed by atoms with Crippen LogP contribution in [0.25, 0.3) is 10.2 Å². The minimum atomic E-state index is -3.67. The standard InChI is InChI=1S/C19H14Cl2N2O3S2/c1-2-10-23-17-14(20)8-9-15(21)18(17)27-19(23)22-16(24)12-28(25,26)11-13-6-4-3-5-7-13/h1,3-9H,10-12H2. The summed E-state index contributed by atoms with van der Waals surface area (Å²) in [6.45, 7) is 0.114. The molecule has 0 radical (unpaired) electrons. The van der Waals surface area contributed by atoms with Crippen molar-refractivity contribution in [2.24, 2.45) is 4.99 Å². The predicted molar refractivity (Wildman–Crippen MR) is 113 cm³/mol. The molecule has 0 saturated carbocycles. The molecule has 0 aliphatic carbocycles. The Morgan fingerprint density at radius 3 is 2.50 bits per heavy atom. The molecule has 9 heteroatoms. The highest BCUT2D eigenvalue weighted by atomic mass is 35.5. The Kier molecular flexibility index (Phi) is 6.26. The van der Waals surface area contributed by atoms with Crippen LogP contribution in [-0.2, 0) is 26.9 Å². The highest BCUT2D eigenvalue weighted by molar-refractivity contribution is 7.91. The summed E-state index contributed by atoms with van der Waals surface area (Å²) in [4.78, 5) is 16.6. The van der Waals surface area contributed by atoms with Gasteiger partial charge in [0, 0.05) is 0 Å². The maximum Gasteiger partial charge on any atom is 0.263 e. The van der Waals surface area contributed by atoms with E-state index in [4.69, 9.17) is 29.6 Å². The van der Waals surface area contributed by atoms with Gasteiger partial charge in [-0.1, -0.05) is 70.8 Å². The van der Waals surface area contributed by atoms with Crippen molar-refractivity contribution in [3.8, 4) is 12.3 Å². The number of hydrogen-bond acceptors (Lipinski definition) is 4. The number of halogens is 2. The lowest BCUT2D eigenvalue weighted by molar-refractivity contribution is -0.115. The molecule has 0 aliphatic rings. The van der Waals surface area contributed by atoms with Gasteiger partial charge in [0.15, 0.2) is 14.6 Å². The van der Waals surface area contributed by atoms with E-state index in [1.54, 1.807) is 47.0 Å². The van der Waals surface area contributed by atoms with Gasteiger partial charge in [0.05, 0.1) is 32.6 Å². The SMILES string of the molecule is C#CCn1c(=NC(=O)CS(=O)(=O)Cc2ccccc2)sc2c(Cl)ccc(Cl)c21. The fraction of sp³-hybridized carbons (Fsp3) is 0.158. The van der Waals surface area contributed by atoms with E-state index < -0.39 is 21.5 Å². The molecule has 0 aliphatic heterocycles. The van der Waals surface area contributed by atoms with E-state index in [0.29, 0.717) is 25.8 Å². The number of fused-ring (bicyclic) bond motifs is 1. The first-order chi connectivity index (χ1) is 13.3. The molecule has 1 amide bonds. The smallest absolute Gasteiger partial charge is 0.263 e. The first-order valence-electron chi connectivity index (χ1n) is 8.03. The summed E-state index contributed by atoms with van der Waals surface area (Å²) in [5, 5.41) is 0.859. The lowest BCUT2D eigenvalue weighted by Crippen LogP contribution is -2.21. The minimum absolute atomic E-state index is 0.114. The topological polar surface area (TPSA) is 68.5 Å². The number of aromatic nitrogens is 1. The fourth-order valence-electron chi connectivity index (χ4n) is 2.64. The first kappa shape index (κ1) is 20.6. The van der Waals surface area contributed by atoms with Crippen LogP contribution in [0.1, 0.15) is 5.56 Å². The third-order valence-corrected chi connectivity index (χ3v) is 7.07. The molecular formula is C19H14Cl2N2O3S2. The van der Waals surface area contributed by atoms with Crippen molar-refractivity contribution in [1.82, 2.24) is 4.57 Å². The van der Waals surface area contributed by atoms with Gasteiger partial charge in [-0.05, 0) is 17.7 Å². The number of benzene rings is 2. The molecule has 0 N–H and O–H groups in total. The van der Waals surface area contributed by atoms with Gasteiger partial charge in [-0.25, -0.2) is 8.42 Å². The molecule has 0 spiro atoms. The van der Waals surface area contributed by atoms with Gasteiger partial charge in [0.2, 0.25) is 0 Å². The monoisotopic (exact) mass is 452 g/mol. The molecule has 5 nitrogen and oxygen atoms in total. The van der Waals surface area contributed by atoms with E-state index >= 15 is 0 Å². The molecule has 144 valence electrons. The van der Waals surface area contributed by atoms with Crippen LogP contribution in [0.3, 0.4) is 0 Å². The van der Waals surface area contributed by atoms with Crippen LogP contribution in [0, 0.1) is 12.3 Å². The molecule has 1 aromatic heterocycles. The number of terminal acetylenes is 1. The molecule has 0 bridgehead atoms. The van der Waals surface area contributed by atoms with Crippen molar-refractivity contribution in [3.05, 3.63) is 62.9 Å². The maximum atomic E-state index is 12.4. The number of hydrogen-bond donors (Lipinski definition) is 0. The molecule has 0 unspecified atom stereocenters. The van der Waals surface area contributed by atoms with Crippen LogP contribution in [-0.4, -0.2) is 24.6 Å². The second-order valence-electron chi connectivity index (χ2n) is 5.91. The lowest BCUT2D eigenvalue weighted by Gasteiger charge is -2.03. The summed E-state index contributed by atoms with van der Waals surface area (Å²) in [5.74, 6) is 0.771. The molecule has 0 fully saturated rings. The first-order valence-corrected chi connectivity index (χ1v) is 11.4. The van der Waals surface area contributed by atoms with Gasteiger partial charge >= 0.3 is 0 Å². The summed E-state index contributed by atoms with van der Waals surface area (Å²) < 4.78 is 26.9. The molecule has 1 heterocycles. The predicted octanol–water partition coefficient (Wildman–Crippen LogP) is 3.69. The van der Waals surface area contributed by atoms with Crippen molar-refractivity contribution in [2.75, 3.05) is 5.75 Å². The van der Waals surface area contributed by atoms with Crippen LogP contribution in [0.5, 0.6) is 0 Å². The summed E-state index contributed by atoms with van der Waals surface area (Å²) in [7, 11) is -3.67. The molecule has 2 aromatic carbocycles. The van der Waals surface area contributed by atoms with Crippen molar-refractivity contribution >= 4 is 60.5 Å². The van der Waals surface area contributed by atoms with E-state index in [0.717, 1.165) is 11.3 Å². The molecule has 0 saturated heterocycles. The van der Waals surface area contributed by atoms with Crippen LogP contribution < -0.4 is 4.80 Å². The van der Waals surface area contributed by atoms with Crippen LogP contribution >= 0.6 is 34.5 Å². The number of thiazole rings is 1. The highest BCUT2D eigenvalue weighted by Gasteiger charge is 2.18. The highest BCUT2D eigenvalue weighted by Crippen LogP contribution is 2.31. The van der Waals surface area contributed by atoms with E-state index in [-0.39, 0.29) is 17.1 Å². The van der Waals surface area contributed by atoms with Crippen LogP contribution in [0.2, 0.25) is 10.0 Å². The lowest BCUT2D eigenvalue weighted by atomic mass is 10.2. The number of carbonyl (C=O) groups is 1. The summed E-state index contributed by atoms with van der Waals surface area (Å²) >= 11 is 13.6. The second kappa shape index (κ2) is 8.50. The molecule has 28 heavy (non-hydrogen) atoms. The Balaban J connectivity index is 1.97. The van der Waals surface area contributed by atoms with Crippen molar-refractivity contribution in [1.29, 1.82) is 0 Å². The van der Waals surface area contributed by atoms with Crippen molar-refractivity contribution in [2.45, 2.75) is 12.3 Å². The Labute approximate surface area is 176 Å². The van der Waals surface area contributed by atoms with E-state index in [9.17, 15) is 13.2 Å². The summed E-state index contributed by atoms with van der Waals surface area (Å²) in [5.41, 5.74) is 1.17. The van der Waals surface area contributed by atoms with Crippen LogP contribution in [0.4, 0.5) is 0 Å². The maximum absolute atomic E-state index is 12.4. The van der Waals surface area contributed by atoms with Crippen LogP contribution in [0.15, 0.2) is 47.5 Å². The van der Waals surface area contributed by atoms with Gasteiger partial charge in [-0.3, -0.25) is 4.79 Å². The fourth-order valence-corrected chi connectivity index (χ4v) is 5.55. The average Bonchev–Trinajstić information content (AvgIpc) is 2.98. The van der Waals surface area contributed by atoms with Gasteiger partial charge in [0.25, 0.3) is 5.91 Å². The zero-order valence-corrected chi connectivity index (χ0v) is 17.6. The minimum Gasteiger partial charge on any atom is -0.303 e. The average molecular weight is 453 g/mol. The number of rotatable bonds is 5. The van der Waals surface area contributed by atoms with Crippen molar-refractivity contribution in [3.63, 3.8) is 0 Å². The Morgan fingerprint density at radius 2 is 1.82 bits per heavy atom. The van der Waals surface area contributed by atoms with Crippen molar-refractivity contribution < 1.29 is 13.2 Å². The summed E-state index contributed by atoms with van der Waals surface area (Å²) in [6.07, 6.45) is 5.42.